The molecule has 2 aliphatic carbocycles. The van der Waals surface area contributed by atoms with Gasteiger partial charge < -0.3 is 10.1 Å². The van der Waals surface area contributed by atoms with E-state index in [0.717, 1.165) is 51.2 Å². The number of carbonyl (C=O) groups excluding carboxylic acids is 2. The average molecular weight is 486 g/mol. The maximum atomic E-state index is 13.4. The first kappa shape index (κ1) is 22.3. The van der Waals surface area contributed by atoms with Gasteiger partial charge >= 0.3 is 0 Å². The normalized spacial score (nSPS) is 23.0. The van der Waals surface area contributed by atoms with E-state index >= 15 is 0 Å². The molecule has 1 heterocycles. The number of hydrogen-bond acceptors (Lipinski definition) is 4. The second kappa shape index (κ2) is 7.61. The third kappa shape index (κ3) is 4.26. The molecule has 0 spiro atoms. The summed E-state index contributed by atoms with van der Waals surface area (Å²) in [5.74, 6) is 0.740. The first-order chi connectivity index (χ1) is 14.4. The number of hydrogen-bond donors (Lipinski definition) is 1. The van der Waals surface area contributed by atoms with E-state index in [1.807, 2.05) is 32.0 Å². The average Bonchev–Trinajstić information content (AvgIpc) is 2.59. The lowest BCUT2D eigenvalue weighted by atomic mass is 9.64. The quantitative estimate of drug-likeness (QED) is 0.552. The lowest BCUT2D eigenvalue weighted by Crippen LogP contribution is -2.42. The van der Waals surface area contributed by atoms with Crippen LogP contribution in [0.5, 0.6) is 5.75 Å². The van der Waals surface area contributed by atoms with Gasteiger partial charge in [-0.2, -0.15) is 0 Å². The molecule has 0 radical (unpaired) electrons. The minimum absolute atomic E-state index is 0.0639. The summed E-state index contributed by atoms with van der Waals surface area (Å²) >= 11 is 3.64. The lowest BCUT2D eigenvalue weighted by molar-refractivity contribution is -0.119. The molecule has 0 bridgehead atoms. The number of nitrogens with one attached hydrogen (secondary N) is 1. The Bertz CT molecular complexity index is 977. The summed E-state index contributed by atoms with van der Waals surface area (Å²) < 4.78 is 6.72. The molecule has 0 fully saturated rings. The van der Waals surface area contributed by atoms with E-state index in [0.29, 0.717) is 12.8 Å². The molecule has 0 atom stereocenters. The molecule has 1 aromatic carbocycles. The molecule has 5 heteroatoms. The number of ketones is 2. The molecular formula is C26H32BrNO3. The van der Waals surface area contributed by atoms with Gasteiger partial charge in [0.25, 0.3) is 0 Å². The van der Waals surface area contributed by atoms with Crippen LogP contribution in [-0.2, 0) is 9.59 Å². The van der Waals surface area contributed by atoms with Gasteiger partial charge in [-0.15, -0.1) is 0 Å². The van der Waals surface area contributed by atoms with Crippen LogP contribution >= 0.6 is 15.9 Å². The topological polar surface area (TPSA) is 55.4 Å². The molecule has 0 amide bonds. The number of benzene rings is 1. The SMILES string of the molecule is CC(C)Oc1ccc(C2C3=C(CC(C)(C)CC3=O)NC3=C2C(=O)CC(C)(C)C3)cc1Br. The summed E-state index contributed by atoms with van der Waals surface area (Å²) in [6.07, 6.45) is 2.69. The van der Waals surface area contributed by atoms with Crippen molar-refractivity contribution in [2.24, 2.45) is 10.8 Å². The van der Waals surface area contributed by atoms with Crippen molar-refractivity contribution in [2.75, 3.05) is 0 Å². The van der Waals surface area contributed by atoms with Crippen molar-refractivity contribution in [3.8, 4) is 5.75 Å². The van der Waals surface area contributed by atoms with Gasteiger partial charge in [0.1, 0.15) is 5.75 Å². The Labute approximate surface area is 193 Å². The van der Waals surface area contributed by atoms with Crippen LogP contribution in [0.15, 0.2) is 45.2 Å². The number of dihydropyridines is 1. The standard InChI is InChI=1S/C26H32BrNO3/c1-14(2)31-21-8-7-15(9-16(21)27)22-23-17(10-25(3,4)12-19(23)29)28-18-11-26(5,6)13-20(30)24(18)22/h7-9,14,22,28H,10-13H2,1-6H3. The first-order valence-electron chi connectivity index (χ1n) is 11.1. The van der Waals surface area contributed by atoms with Crippen molar-refractivity contribution >= 4 is 27.5 Å². The van der Waals surface area contributed by atoms with Crippen LogP contribution in [0.2, 0.25) is 0 Å². The van der Waals surface area contributed by atoms with Crippen molar-refractivity contribution in [2.45, 2.75) is 79.2 Å². The summed E-state index contributed by atoms with van der Waals surface area (Å²) in [5.41, 5.74) is 4.32. The summed E-state index contributed by atoms with van der Waals surface area (Å²) in [6, 6.07) is 5.97. The fourth-order valence-corrected chi connectivity index (χ4v) is 5.76. The molecule has 166 valence electrons. The minimum atomic E-state index is -0.317. The Morgan fingerprint density at radius 3 is 1.90 bits per heavy atom. The largest absolute Gasteiger partial charge is 0.490 e. The first-order valence-corrected chi connectivity index (χ1v) is 11.9. The Morgan fingerprint density at radius 1 is 0.935 bits per heavy atom. The predicted octanol–water partition coefficient (Wildman–Crippen LogP) is 6.21. The highest BCUT2D eigenvalue weighted by Gasteiger charge is 2.46. The monoisotopic (exact) mass is 485 g/mol. The maximum absolute atomic E-state index is 13.4. The summed E-state index contributed by atoms with van der Waals surface area (Å²) in [7, 11) is 0. The third-order valence-electron chi connectivity index (χ3n) is 6.37. The van der Waals surface area contributed by atoms with Crippen LogP contribution in [0, 0.1) is 10.8 Å². The van der Waals surface area contributed by atoms with E-state index in [9.17, 15) is 9.59 Å². The van der Waals surface area contributed by atoms with Crippen LogP contribution in [0.25, 0.3) is 0 Å². The molecule has 31 heavy (non-hydrogen) atoms. The second-order valence-electron chi connectivity index (χ2n) is 11.1. The highest BCUT2D eigenvalue weighted by Crippen LogP contribution is 2.51. The van der Waals surface area contributed by atoms with Gasteiger partial charge in [-0.3, -0.25) is 9.59 Å². The molecule has 1 aliphatic heterocycles. The fraction of sp³-hybridized carbons (Fsp3) is 0.538. The van der Waals surface area contributed by atoms with Crippen LogP contribution in [0.3, 0.4) is 0 Å². The maximum Gasteiger partial charge on any atom is 0.162 e. The van der Waals surface area contributed by atoms with Crippen molar-refractivity contribution in [1.29, 1.82) is 0 Å². The second-order valence-corrected chi connectivity index (χ2v) is 11.9. The van der Waals surface area contributed by atoms with Crippen molar-refractivity contribution < 1.29 is 14.3 Å². The van der Waals surface area contributed by atoms with E-state index < -0.39 is 0 Å². The van der Waals surface area contributed by atoms with Crippen LogP contribution in [0.1, 0.15) is 78.7 Å². The van der Waals surface area contributed by atoms with Crippen LogP contribution < -0.4 is 10.1 Å². The number of rotatable bonds is 3. The molecule has 1 N–H and O–H groups in total. The third-order valence-corrected chi connectivity index (χ3v) is 6.99. The zero-order chi connectivity index (χ0) is 22.7. The summed E-state index contributed by atoms with van der Waals surface area (Å²) in [4.78, 5) is 26.7. The Kier molecular flexibility index (Phi) is 5.48. The zero-order valence-corrected chi connectivity index (χ0v) is 20.9. The van der Waals surface area contributed by atoms with Gasteiger partial charge in [0.2, 0.25) is 0 Å². The molecule has 0 saturated carbocycles. The van der Waals surface area contributed by atoms with Gasteiger partial charge in [0, 0.05) is 41.3 Å². The Morgan fingerprint density at radius 2 is 1.45 bits per heavy atom. The zero-order valence-electron chi connectivity index (χ0n) is 19.3. The van der Waals surface area contributed by atoms with Crippen molar-refractivity contribution in [3.05, 3.63) is 50.8 Å². The molecule has 4 nitrogen and oxygen atoms in total. The van der Waals surface area contributed by atoms with Gasteiger partial charge in [-0.05, 0) is 71.1 Å². The molecule has 0 aromatic heterocycles. The van der Waals surface area contributed by atoms with Crippen LogP contribution in [0.4, 0.5) is 0 Å². The van der Waals surface area contributed by atoms with Crippen molar-refractivity contribution in [3.63, 3.8) is 0 Å². The van der Waals surface area contributed by atoms with E-state index in [4.69, 9.17) is 4.74 Å². The minimum Gasteiger partial charge on any atom is -0.490 e. The van der Waals surface area contributed by atoms with Crippen molar-refractivity contribution in [1.82, 2.24) is 5.32 Å². The number of ether oxygens (including phenoxy) is 1. The summed E-state index contributed by atoms with van der Waals surface area (Å²) in [5, 5.41) is 3.56. The van der Waals surface area contributed by atoms with Gasteiger partial charge in [-0.25, -0.2) is 0 Å². The lowest BCUT2D eigenvalue weighted by Gasteiger charge is -2.44. The molecule has 4 rings (SSSR count). The highest BCUT2D eigenvalue weighted by atomic mass is 79.9. The molecule has 1 aromatic rings. The number of allylic oxidation sites excluding steroid dienone is 4. The molecule has 3 aliphatic rings. The molecule has 0 unspecified atom stereocenters. The predicted molar refractivity (Wildman–Crippen MR) is 126 cm³/mol. The van der Waals surface area contributed by atoms with E-state index in [1.165, 1.54) is 0 Å². The molecular weight excluding hydrogens is 454 g/mol. The van der Waals surface area contributed by atoms with Gasteiger partial charge in [-0.1, -0.05) is 33.8 Å². The van der Waals surface area contributed by atoms with E-state index in [-0.39, 0.29) is 34.4 Å². The Balaban J connectivity index is 1.87. The number of halogens is 1. The smallest absolute Gasteiger partial charge is 0.162 e. The van der Waals surface area contributed by atoms with Crippen LogP contribution in [-0.4, -0.2) is 17.7 Å². The van der Waals surface area contributed by atoms with E-state index in [1.54, 1.807) is 0 Å². The fourth-order valence-electron chi connectivity index (χ4n) is 5.27. The van der Waals surface area contributed by atoms with Gasteiger partial charge in [0.15, 0.2) is 11.6 Å². The summed E-state index contributed by atoms with van der Waals surface area (Å²) in [6.45, 7) is 12.5. The number of carbonyl (C=O) groups is 2. The molecule has 0 saturated heterocycles. The number of Topliss-reactive ketones (excluding diaryl/α,β-unsaturated/α-hetero) is 2. The van der Waals surface area contributed by atoms with Gasteiger partial charge in [0.05, 0.1) is 10.6 Å². The highest BCUT2D eigenvalue weighted by molar-refractivity contribution is 9.10. The Hall–Kier alpha value is -1.88. The van der Waals surface area contributed by atoms with E-state index in [2.05, 4.69) is 48.9 Å².